The number of halogens is 2. The van der Waals surface area contributed by atoms with Crippen LogP contribution >= 0.6 is 24.8 Å². The number of piperazine rings is 1. The van der Waals surface area contributed by atoms with Crippen LogP contribution in [0.3, 0.4) is 0 Å². The highest BCUT2D eigenvalue weighted by Gasteiger charge is 2.15. The zero-order chi connectivity index (χ0) is 9.97. The van der Waals surface area contributed by atoms with E-state index in [0.29, 0.717) is 6.04 Å². The zero-order valence-electron chi connectivity index (χ0n) is 9.77. The Morgan fingerprint density at radius 3 is 2.38 bits per heavy atom. The molecule has 0 amide bonds. The highest BCUT2D eigenvalue weighted by molar-refractivity contribution is 5.85. The Bertz CT molecular complexity index is 300. The van der Waals surface area contributed by atoms with Gasteiger partial charge in [-0.25, -0.2) is 0 Å². The first-order chi connectivity index (χ1) is 6.75. The Morgan fingerprint density at radius 1 is 1.19 bits per heavy atom. The van der Waals surface area contributed by atoms with E-state index in [2.05, 4.69) is 48.3 Å². The second-order valence-corrected chi connectivity index (χ2v) is 4.14. The summed E-state index contributed by atoms with van der Waals surface area (Å²) in [6.45, 7) is 7.69. The van der Waals surface area contributed by atoms with Gasteiger partial charge >= 0.3 is 0 Å². The molecule has 1 heterocycles. The molecule has 1 N–H and O–H groups in total. The Labute approximate surface area is 110 Å². The lowest BCUT2D eigenvalue weighted by atomic mass is 10.1. The molecule has 0 saturated carbocycles. The number of rotatable bonds is 1. The molecule has 0 radical (unpaired) electrons. The summed E-state index contributed by atoms with van der Waals surface area (Å²) in [6.07, 6.45) is 0. The first-order valence-electron chi connectivity index (χ1n) is 5.31. The SMILES string of the molecule is Cc1ccc(N2CCNC(C)C2)cc1.Cl.Cl. The molecule has 0 spiro atoms. The third-order valence-electron chi connectivity index (χ3n) is 2.77. The van der Waals surface area contributed by atoms with E-state index < -0.39 is 0 Å². The number of anilines is 1. The summed E-state index contributed by atoms with van der Waals surface area (Å²) in [7, 11) is 0. The van der Waals surface area contributed by atoms with Crippen LogP contribution in [-0.4, -0.2) is 25.7 Å². The van der Waals surface area contributed by atoms with Crippen LogP contribution in [0.1, 0.15) is 12.5 Å². The van der Waals surface area contributed by atoms with Crippen molar-refractivity contribution in [2.75, 3.05) is 24.5 Å². The maximum atomic E-state index is 3.45. The zero-order valence-corrected chi connectivity index (χ0v) is 11.4. The molecule has 1 fully saturated rings. The van der Waals surface area contributed by atoms with Gasteiger partial charge < -0.3 is 10.2 Å². The summed E-state index contributed by atoms with van der Waals surface area (Å²) < 4.78 is 0. The van der Waals surface area contributed by atoms with Gasteiger partial charge in [0.1, 0.15) is 0 Å². The number of nitrogens with zero attached hydrogens (tertiary/aromatic N) is 1. The molecule has 0 aliphatic carbocycles. The van der Waals surface area contributed by atoms with E-state index in [1.807, 2.05) is 0 Å². The fraction of sp³-hybridized carbons (Fsp3) is 0.500. The molecule has 1 aliphatic heterocycles. The van der Waals surface area contributed by atoms with Gasteiger partial charge in [-0.05, 0) is 26.0 Å². The number of aryl methyl sites for hydroxylation is 1. The highest BCUT2D eigenvalue weighted by Crippen LogP contribution is 2.16. The minimum atomic E-state index is 0. The molecular formula is C12H20Cl2N2. The fourth-order valence-electron chi connectivity index (χ4n) is 1.92. The molecule has 16 heavy (non-hydrogen) atoms. The third-order valence-corrected chi connectivity index (χ3v) is 2.77. The van der Waals surface area contributed by atoms with Crippen molar-refractivity contribution in [1.29, 1.82) is 0 Å². The summed E-state index contributed by atoms with van der Waals surface area (Å²) in [6, 6.07) is 9.40. The van der Waals surface area contributed by atoms with E-state index in [4.69, 9.17) is 0 Å². The van der Waals surface area contributed by atoms with Crippen molar-refractivity contribution in [3.8, 4) is 0 Å². The van der Waals surface area contributed by atoms with Gasteiger partial charge in [0.15, 0.2) is 0 Å². The van der Waals surface area contributed by atoms with Crippen LogP contribution in [0.15, 0.2) is 24.3 Å². The smallest absolute Gasteiger partial charge is 0.0367 e. The van der Waals surface area contributed by atoms with Crippen molar-refractivity contribution in [2.45, 2.75) is 19.9 Å². The van der Waals surface area contributed by atoms with Crippen LogP contribution in [0.5, 0.6) is 0 Å². The van der Waals surface area contributed by atoms with Crippen LogP contribution in [0, 0.1) is 6.92 Å². The predicted molar refractivity (Wildman–Crippen MR) is 75.4 cm³/mol. The molecule has 2 rings (SSSR count). The highest BCUT2D eigenvalue weighted by atomic mass is 35.5. The number of nitrogens with one attached hydrogen (secondary N) is 1. The number of hydrogen-bond donors (Lipinski definition) is 1. The van der Waals surface area contributed by atoms with Gasteiger partial charge in [0.25, 0.3) is 0 Å². The molecule has 92 valence electrons. The molecule has 4 heteroatoms. The third kappa shape index (κ3) is 3.85. The van der Waals surface area contributed by atoms with Gasteiger partial charge in [0.2, 0.25) is 0 Å². The van der Waals surface area contributed by atoms with E-state index in [9.17, 15) is 0 Å². The van der Waals surface area contributed by atoms with E-state index in [1.165, 1.54) is 11.3 Å². The van der Waals surface area contributed by atoms with Crippen LogP contribution in [0.4, 0.5) is 5.69 Å². The maximum Gasteiger partial charge on any atom is 0.0367 e. The van der Waals surface area contributed by atoms with E-state index in [1.54, 1.807) is 0 Å². The van der Waals surface area contributed by atoms with E-state index >= 15 is 0 Å². The average Bonchev–Trinajstić information content (AvgIpc) is 2.19. The lowest BCUT2D eigenvalue weighted by molar-refractivity contribution is 0.485. The van der Waals surface area contributed by atoms with Crippen molar-refractivity contribution in [3.63, 3.8) is 0 Å². The topological polar surface area (TPSA) is 15.3 Å². The van der Waals surface area contributed by atoms with Crippen molar-refractivity contribution < 1.29 is 0 Å². The summed E-state index contributed by atoms with van der Waals surface area (Å²) in [5.41, 5.74) is 2.68. The molecule has 1 aliphatic rings. The minimum absolute atomic E-state index is 0. The van der Waals surface area contributed by atoms with Crippen LogP contribution < -0.4 is 10.2 Å². The number of benzene rings is 1. The molecule has 1 aromatic rings. The fourth-order valence-corrected chi connectivity index (χ4v) is 1.92. The van der Waals surface area contributed by atoms with Crippen LogP contribution in [0.25, 0.3) is 0 Å². The molecule has 0 bridgehead atoms. The van der Waals surface area contributed by atoms with E-state index in [0.717, 1.165) is 19.6 Å². The second kappa shape index (κ2) is 7.00. The predicted octanol–water partition coefficient (Wildman–Crippen LogP) is 2.64. The van der Waals surface area contributed by atoms with Crippen molar-refractivity contribution in [3.05, 3.63) is 29.8 Å². The van der Waals surface area contributed by atoms with Gasteiger partial charge in [-0.2, -0.15) is 0 Å². The Hall–Kier alpha value is -0.440. The summed E-state index contributed by atoms with van der Waals surface area (Å²) in [5, 5.41) is 3.45. The van der Waals surface area contributed by atoms with E-state index in [-0.39, 0.29) is 24.8 Å². The molecule has 1 aromatic carbocycles. The Kier molecular flexibility index (Phi) is 6.81. The second-order valence-electron chi connectivity index (χ2n) is 4.14. The Morgan fingerprint density at radius 2 is 1.81 bits per heavy atom. The van der Waals surface area contributed by atoms with Gasteiger partial charge in [-0.3, -0.25) is 0 Å². The quantitative estimate of drug-likeness (QED) is 0.838. The first-order valence-corrected chi connectivity index (χ1v) is 5.31. The molecule has 0 aromatic heterocycles. The lowest BCUT2D eigenvalue weighted by Gasteiger charge is -2.33. The largest absolute Gasteiger partial charge is 0.369 e. The molecule has 1 saturated heterocycles. The van der Waals surface area contributed by atoms with Gasteiger partial charge in [0.05, 0.1) is 0 Å². The maximum absolute atomic E-state index is 3.45. The van der Waals surface area contributed by atoms with Gasteiger partial charge in [-0.1, -0.05) is 17.7 Å². The van der Waals surface area contributed by atoms with Gasteiger partial charge in [0, 0.05) is 31.4 Å². The number of hydrogen-bond acceptors (Lipinski definition) is 2. The van der Waals surface area contributed by atoms with Gasteiger partial charge in [-0.15, -0.1) is 24.8 Å². The Balaban J connectivity index is 0.00000112. The first kappa shape index (κ1) is 15.6. The normalized spacial score (nSPS) is 19.6. The van der Waals surface area contributed by atoms with Crippen molar-refractivity contribution in [1.82, 2.24) is 5.32 Å². The standard InChI is InChI=1S/C12H18N2.2ClH/c1-10-3-5-12(6-4-10)14-8-7-13-11(2)9-14;;/h3-6,11,13H,7-9H2,1-2H3;2*1H. The summed E-state index contributed by atoms with van der Waals surface area (Å²) in [5.74, 6) is 0. The molecule has 2 nitrogen and oxygen atoms in total. The monoisotopic (exact) mass is 262 g/mol. The summed E-state index contributed by atoms with van der Waals surface area (Å²) >= 11 is 0. The molecular weight excluding hydrogens is 243 g/mol. The van der Waals surface area contributed by atoms with Crippen molar-refractivity contribution >= 4 is 30.5 Å². The lowest BCUT2D eigenvalue weighted by Crippen LogP contribution is -2.49. The molecule has 1 unspecified atom stereocenters. The van der Waals surface area contributed by atoms with Crippen LogP contribution in [0.2, 0.25) is 0 Å². The van der Waals surface area contributed by atoms with Crippen LogP contribution in [-0.2, 0) is 0 Å². The molecule has 1 atom stereocenters. The average molecular weight is 263 g/mol. The van der Waals surface area contributed by atoms with Crippen molar-refractivity contribution in [2.24, 2.45) is 0 Å². The summed E-state index contributed by atoms with van der Waals surface area (Å²) in [4.78, 5) is 2.45. The minimum Gasteiger partial charge on any atom is -0.369 e.